The molecule has 0 aliphatic carbocycles. The molecule has 3 heterocycles. The van der Waals surface area contributed by atoms with Gasteiger partial charge in [0.15, 0.2) is 6.61 Å². The molecule has 0 spiro atoms. The van der Waals surface area contributed by atoms with Gasteiger partial charge < -0.3 is 20.3 Å². The first-order valence-electron chi connectivity index (χ1n) is 12.6. The number of nitrogens with zero attached hydrogens (tertiary/aromatic N) is 3. The second-order valence-corrected chi connectivity index (χ2v) is 9.72. The number of likely N-dealkylation sites (N-methyl/N-ethyl adjacent to an activating group) is 1. The predicted octanol–water partition coefficient (Wildman–Crippen LogP) is 4.50. The van der Waals surface area contributed by atoms with Crippen LogP contribution in [-0.4, -0.2) is 67.1 Å². The van der Waals surface area contributed by atoms with E-state index in [2.05, 4.69) is 26.6 Å². The van der Waals surface area contributed by atoms with E-state index in [1.54, 1.807) is 12.1 Å². The molecule has 1 aromatic heterocycles. The van der Waals surface area contributed by atoms with E-state index in [-0.39, 0.29) is 24.4 Å². The Bertz CT molecular complexity index is 1290. The molecule has 200 valence electrons. The van der Waals surface area contributed by atoms with E-state index in [0.29, 0.717) is 18.8 Å². The molecule has 0 radical (unpaired) electrons. The Morgan fingerprint density at radius 1 is 1.05 bits per heavy atom. The lowest BCUT2D eigenvalue weighted by atomic mass is 10.0. The molecule has 2 aliphatic heterocycles. The van der Waals surface area contributed by atoms with Gasteiger partial charge in [-0.2, -0.15) is 13.2 Å². The maximum Gasteiger partial charge on any atom is 0.416 e. The number of hydrogen-bond acceptors (Lipinski definition) is 6. The fraction of sp³-hybridized carbons (Fsp3) is 0.357. The van der Waals surface area contributed by atoms with Crippen molar-refractivity contribution in [1.29, 1.82) is 0 Å². The first-order chi connectivity index (χ1) is 18.2. The number of halogens is 3. The Kier molecular flexibility index (Phi) is 7.53. The number of rotatable bonds is 7. The fourth-order valence-corrected chi connectivity index (χ4v) is 4.73. The second kappa shape index (κ2) is 11.0. The topological polar surface area (TPSA) is 69.7 Å². The van der Waals surface area contributed by atoms with Crippen molar-refractivity contribution < 1.29 is 22.7 Å². The van der Waals surface area contributed by atoms with Crippen molar-refractivity contribution in [2.75, 3.05) is 57.0 Å². The molecule has 2 aromatic carbocycles. The molecule has 0 saturated carbocycles. The van der Waals surface area contributed by atoms with Crippen LogP contribution in [0.4, 0.5) is 24.7 Å². The van der Waals surface area contributed by atoms with Crippen LogP contribution in [-0.2, 0) is 23.9 Å². The van der Waals surface area contributed by atoms with Gasteiger partial charge in [0.2, 0.25) is 0 Å². The van der Waals surface area contributed by atoms with Crippen LogP contribution in [0, 0.1) is 0 Å². The fourth-order valence-electron chi connectivity index (χ4n) is 4.73. The highest BCUT2D eigenvalue weighted by molar-refractivity contribution is 5.92. The van der Waals surface area contributed by atoms with Crippen LogP contribution in [0.2, 0.25) is 0 Å². The van der Waals surface area contributed by atoms with Gasteiger partial charge in [0, 0.05) is 56.7 Å². The zero-order valence-corrected chi connectivity index (χ0v) is 21.1. The van der Waals surface area contributed by atoms with E-state index in [9.17, 15) is 18.0 Å². The summed E-state index contributed by atoms with van der Waals surface area (Å²) in [5, 5.41) is 5.76. The first-order valence-corrected chi connectivity index (χ1v) is 12.6. The Morgan fingerprint density at radius 2 is 1.82 bits per heavy atom. The predicted molar refractivity (Wildman–Crippen MR) is 140 cm³/mol. The van der Waals surface area contributed by atoms with Crippen LogP contribution < -0.4 is 15.4 Å². The molecule has 0 bridgehead atoms. The number of nitrogens with one attached hydrogen (secondary N) is 2. The number of carbonyl (C=O) groups is 1. The van der Waals surface area contributed by atoms with Crippen LogP contribution >= 0.6 is 0 Å². The van der Waals surface area contributed by atoms with E-state index >= 15 is 0 Å². The number of hydrogen-bond donors (Lipinski definition) is 2. The summed E-state index contributed by atoms with van der Waals surface area (Å²) in [5.74, 6) is 0.870. The molecule has 10 heteroatoms. The quantitative estimate of drug-likeness (QED) is 0.474. The van der Waals surface area contributed by atoms with Crippen LogP contribution in [0.3, 0.4) is 0 Å². The molecule has 5 rings (SSSR count). The van der Waals surface area contributed by atoms with Crippen molar-refractivity contribution in [3.05, 3.63) is 71.4 Å². The summed E-state index contributed by atoms with van der Waals surface area (Å²) in [6, 6.07) is 13.3. The third-order valence-corrected chi connectivity index (χ3v) is 6.90. The Balaban J connectivity index is 1.18. The summed E-state index contributed by atoms with van der Waals surface area (Å²) >= 11 is 0. The van der Waals surface area contributed by atoms with E-state index in [1.807, 2.05) is 30.3 Å². The van der Waals surface area contributed by atoms with Crippen LogP contribution in [0.25, 0.3) is 11.1 Å². The molecular formula is C28H30F3N5O2. The zero-order chi connectivity index (χ0) is 26.7. The number of pyridine rings is 1. The van der Waals surface area contributed by atoms with Crippen LogP contribution in [0.1, 0.15) is 16.7 Å². The van der Waals surface area contributed by atoms with E-state index < -0.39 is 17.6 Å². The number of benzene rings is 2. The monoisotopic (exact) mass is 525 g/mol. The van der Waals surface area contributed by atoms with Gasteiger partial charge in [-0.05, 0) is 60.5 Å². The standard InChI is InChI=1S/C28H30F3N5O2/c1-35-10-12-36(13-11-35)17-21-2-5-23(15-25(21)28(29,30)31)34-26(37)18-38-24-6-3-19(4-7-24)22-14-20-8-9-32-27(20)33-16-22/h2-7,14-16H,8-13,17-18H2,1H3,(H,32,33)(H,34,37). The molecule has 0 unspecified atom stereocenters. The van der Waals surface area contributed by atoms with Crippen molar-refractivity contribution in [3.8, 4) is 16.9 Å². The molecular weight excluding hydrogens is 495 g/mol. The van der Waals surface area contributed by atoms with Gasteiger partial charge in [0.05, 0.1) is 5.56 Å². The van der Waals surface area contributed by atoms with Gasteiger partial charge in [-0.1, -0.05) is 18.2 Å². The number of alkyl halides is 3. The Morgan fingerprint density at radius 3 is 2.55 bits per heavy atom. The number of carbonyl (C=O) groups excluding carboxylic acids is 1. The summed E-state index contributed by atoms with van der Waals surface area (Å²) in [6.07, 6.45) is -1.77. The lowest BCUT2D eigenvalue weighted by Crippen LogP contribution is -2.44. The van der Waals surface area contributed by atoms with E-state index in [0.717, 1.165) is 49.1 Å². The molecule has 0 atom stereocenters. The summed E-state index contributed by atoms with van der Waals surface area (Å²) in [4.78, 5) is 21.0. The van der Waals surface area contributed by atoms with Gasteiger partial charge >= 0.3 is 6.18 Å². The highest BCUT2D eigenvalue weighted by atomic mass is 19.4. The van der Waals surface area contributed by atoms with Crippen molar-refractivity contribution in [2.45, 2.75) is 19.1 Å². The summed E-state index contributed by atoms with van der Waals surface area (Å²) in [5.41, 5.74) is 2.70. The molecule has 3 aromatic rings. The minimum atomic E-state index is -4.52. The molecule has 1 fully saturated rings. The minimum absolute atomic E-state index is 0.0852. The third kappa shape index (κ3) is 6.25. The number of ether oxygens (including phenoxy) is 1. The van der Waals surface area contributed by atoms with E-state index in [4.69, 9.17) is 4.74 Å². The largest absolute Gasteiger partial charge is 0.484 e. The number of aromatic nitrogens is 1. The molecule has 7 nitrogen and oxygen atoms in total. The highest BCUT2D eigenvalue weighted by Gasteiger charge is 2.34. The molecule has 1 amide bonds. The Hall–Kier alpha value is -3.63. The van der Waals surface area contributed by atoms with Gasteiger partial charge in [-0.15, -0.1) is 0 Å². The maximum atomic E-state index is 13.8. The number of fused-ring (bicyclic) bond motifs is 1. The number of anilines is 2. The van der Waals surface area contributed by atoms with Crippen LogP contribution in [0.5, 0.6) is 5.75 Å². The lowest BCUT2D eigenvalue weighted by molar-refractivity contribution is -0.138. The molecule has 1 saturated heterocycles. The van der Waals surface area contributed by atoms with Crippen molar-refractivity contribution >= 4 is 17.4 Å². The van der Waals surface area contributed by atoms with Gasteiger partial charge in [-0.3, -0.25) is 9.69 Å². The number of amides is 1. The third-order valence-electron chi connectivity index (χ3n) is 6.90. The SMILES string of the molecule is CN1CCN(Cc2ccc(NC(=O)COc3ccc(-c4cnc5c(c4)CCN5)cc3)cc2C(F)(F)F)CC1. The maximum absolute atomic E-state index is 13.8. The van der Waals surface area contributed by atoms with Gasteiger partial charge in [-0.25, -0.2) is 4.98 Å². The zero-order valence-electron chi connectivity index (χ0n) is 21.1. The highest BCUT2D eigenvalue weighted by Crippen LogP contribution is 2.35. The normalized spacial score (nSPS) is 16.1. The van der Waals surface area contributed by atoms with Crippen LogP contribution in [0.15, 0.2) is 54.7 Å². The average molecular weight is 526 g/mol. The molecule has 38 heavy (non-hydrogen) atoms. The smallest absolute Gasteiger partial charge is 0.416 e. The van der Waals surface area contributed by atoms with Crippen molar-refractivity contribution in [2.24, 2.45) is 0 Å². The second-order valence-electron chi connectivity index (χ2n) is 9.72. The summed E-state index contributed by atoms with van der Waals surface area (Å²) in [7, 11) is 2.00. The Labute approximate surface area is 219 Å². The van der Waals surface area contributed by atoms with Gasteiger partial charge in [0.1, 0.15) is 11.6 Å². The summed E-state index contributed by atoms with van der Waals surface area (Å²) < 4.78 is 47.0. The van der Waals surface area contributed by atoms with Crippen molar-refractivity contribution in [1.82, 2.24) is 14.8 Å². The average Bonchev–Trinajstić information content (AvgIpc) is 3.37. The number of piperazine rings is 1. The first kappa shape index (κ1) is 26.0. The minimum Gasteiger partial charge on any atom is -0.484 e. The molecule has 2 N–H and O–H groups in total. The summed E-state index contributed by atoms with van der Waals surface area (Å²) in [6.45, 7) is 3.85. The lowest BCUT2D eigenvalue weighted by Gasteiger charge is -2.33. The molecule has 2 aliphatic rings. The van der Waals surface area contributed by atoms with Crippen molar-refractivity contribution in [3.63, 3.8) is 0 Å². The van der Waals surface area contributed by atoms with E-state index in [1.165, 1.54) is 17.7 Å². The van der Waals surface area contributed by atoms with Gasteiger partial charge in [0.25, 0.3) is 5.91 Å².